The molecule has 2 nitrogen and oxygen atoms in total. The van der Waals surface area contributed by atoms with E-state index in [1.807, 2.05) is 0 Å². The number of aliphatic imine (C=N–C) groups is 1. The number of thioether (sulfide) groups is 1. The van der Waals surface area contributed by atoms with E-state index < -0.39 is 23.3 Å². The summed E-state index contributed by atoms with van der Waals surface area (Å²) in [4.78, 5) is 3.94. The first-order chi connectivity index (χ1) is 9.99. The largest absolute Gasteiger partial charge is 0.332 e. The van der Waals surface area contributed by atoms with Gasteiger partial charge in [0.15, 0.2) is 11.0 Å². The summed E-state index contributed by atoms with van der Waals surface area (Å²) in [6, 6.07) is 5.95. The SMILES string of the molecule is CSC(=Nc1ccc(F)cc1F)Nc1ccc(F)cc1F. The van der Waals surface area contributed by atoms with Crippen molar-refractivity contribution in [1.82, 2.24) is 0 Å². The molecule has 2 aromatic carbocycles. The summed E-state index contributed by atoms with van der Waals surface area (Å²) >= 11 is 1.10. The van der Waals surface area contributed by atoms with Crippen LogP contribution in [-0.2, 0) is 0 Å². The molecule has 0 unspecified atom stereocenters. The molecule has 0 radical (unpaired) electrons. The molecule has 0 atom stereocenters. The summed E-state index contributed by atoms with van der Waals surface area (Å²) in [5.41, 5.74) is -0.0808. The van der Waals surface area contributed by atoms with E-state index in [0.717, 1.165) is 30.0 Å². The Bertz CT molecular complexity index is 689. The standard InChI is InChI=1S/C14H10F4N2S/c1-21-14(19-12-4-2-8(15)6-10(12)17)20-13-5-3-9(16)7-11(13)18/h2-7H,1H3,(H,19,20). The fraction of sp³-hybridized carbons (Fsp3) is 0.0714. The number of benzene rings is 2. The maximum absolute atomic E-state index is 13.5. The molecule has 0 aliphatic heterocycles. The van der Waals surface area contributed by atoms with Gasteiger partial charge in [-0.05, 0) is 30.5 Å². The first kappa shape index (κ1) is 15.4. The molecule has 1 N–H and O–H groups in total. The average molecular weight is 314 g/mol. The Hall–Kier alpha value is -2.02. The van der Waals surface area contributed by atoms with Crippen LogP contribution in [0.2, 0.25) is 0 Å². The molecule has 0 heterocycles. The summed E-state index contributed by atoms with van der Waals surface area (Å²) in [5, 5.41) is 2.81. The van der Waals surface area contributed by atoms with Crippen LogP contribution in [0, 0.1) is 23.3 Å². The van der Waals surface area contributed by atoms with E-state index in [4.69, 9.17) is 0 Å². The summed E-state index contributed by atoms with van der Waals surface area (Å²) in [5.74, 6) is -3.04. The topological polar surface area (TPSA) is 24.4 Å². The van der Waals surface area contributed by atoms with E-state index in [2.05, 4.69) is 10.3 Å². The highest BCUT2D eigenvalue weighted by molar-refractivity contribution is 8.13. The van der Waals surface area contributed by atoms with Crippen molar-refractivity contribution in [2.75, 3.05) is 11.6 Å². The quantitative estimate of drug-likeness (QED) is 0.493. The van der Waals surface area contributed by atoms with E-state index >= 15 is 0 Å². The smallest absolute Gasteiger partial charge is 0.166 e. The van der Waals surface area contributed by atoms with Crippen LogP contribution in [0.4, 0.5) is 28.9 Å². The minimum atomic E-state index is -0.831. The highest BCUT2D eigenvalue weighted by Crippen LogP contribution is 2.22. The number of hydrogen-bond acceptors (Lipinski definition) is 2. The van der Waals surface area contributed by atoms with Gasteiger partial charge in [0.2, 0.25) is 0 Å². The van der Waals surface area contributed by atoms with Crippen molar-refractivity contribution in [3.05, 3.63) is 59.7 Å². The van der Waals surface area contributed by atoms with E-state index in [1.165, 1.54) is 12.1 Å². The van der Waals surface area contributed by atoms with E-state index in [-0.39, 0.29) is 16.5 Å². The molecule has 0 aliphatic carbocycles. The molecule has 0 spiro atoms. The van der Waals surface area contributed by atoms with Crippen molar-refractivity contribution in [2.24, 2.45) is 4.99 Å². The van der Waals surface area contributed by atoms with Crippen LogP contribution in [0.5, 0.6) is 0 Å². The van der Waals surface area contributed by atoms with E-state index in [9.17, 15) is 17.6 Å². The number of hydrogen-bond donors (Lipinski definition) is 1. The lowest BCUT2D eigenvalue weighted by molar-refractivity contribution is 0.585. The third-order valence-corrected chi connectivity index (χ3v) is 3.08. The molecule has 21 heavy (non-hydrogen) atoms. The van der Waals surface area contributed by atoms with Crippen molar-refractivity contribution >= 4 is 28.3 Å². The van der Waals surface area contributed by atoms with Gasteiger partial charge in [0, 0.05) is 12.1 Å². The van der Waals surface area contributed by atoms with Gasteiger partial charge in [0.05, 0.1) is 5.69 Å². The summed E-state index contributed by atoms with van der Waals surface area (Å²) < 4.78 is 52.7. The second-order valence-electron chi connectivity index (χ2n) is 3.97. The van der Waals surface area contributed by atoms with Crippen LogP contribution in [-0.4, -0.2) is 11.4 Å². The Labute approximate surface area is 122 Å². The molecule has 7 heteroatoms. The van der Waals surface area contributed by atoms with Gasteiger partial charge in [-0.15, -0.1) is 0 Å². The molecule has 2 aromatic rings. The van der Waals surface area contributed by atoms with Crippen LogP contribution in [0.3, 0.4) is 0 Å². The van der Waals surface area contributed by atoms with Gasteiger partial charge in [-0.2, -0.15) is 0 Å². The lowest BCUT2D eigenvalue weighted by Gasteiger charge is -2.09. The summed E-state index contributed by atoms with van der Waals surface area (Å²) in [6.07, 6.45) is 1.65. The number of nitrogens with one attached hydrogen (secondary N) is 1. The van der Waals surface area contributed by atoms with Crippen molar-refractivity contribution in [1.29, 1.82) is 0 Å². The van der Waals surface area contributed by atoms with E-state index in [1.54, 1.807) is 6.26 Å². The number of nitrogens with zero attached hydrogens (tertiary/aromatic N) is 1. The van der Waals surface area contributed by atoms with Gasteiger partial charge in [-0.3, -0.25) is 0 Å². The van der Waals surface area contributed by atoms with Crippen LogP contribution in [0.1, 0.15) is 0 Å². The summed E-state index contributed by atoms with van der Waals surface area (Å²) in [7, 11) is 0. The third kappa shape index (κ3) is 3.98. The zero-order chi connectivity index (χ0) is 15.4. The normalized spacial score (nSPS) is 11.6. The van der Waals surface area contributed by atoms with Crippen LogP contribution >= 0.6 is 11.8 Å². The number of rotatable bonds is 2. The zero-order valence-corrected chi connectivity index (χ0v) is 11.6. The minimum absolute atomic E-state index is 0.00650. The predicted octanol–water partition coefficient (Wildman–Crippen LogP) is 4.71. The van der Waals surface area contributed by atoms with Gasteiger partial charge in [-0.1, -0.05) is 11.8 Å². The molecule has 0 saturated carbocycles. The fourth-order valence-corrected chi connectivity index (χ4v) is 1.91. The lowest BCUT2D eigenvalue weighted by atomic mass is 10.3. The molecule has 2 rings (SSSR count). The maximum Gasteiger partial charge on any atom is 0.166 e. The van der Waals surface area contributed by atoms with Gasteiger partial charge in [0.25, 0.3) is 0 Å². The van der Waals surface area contributed by atoms with E-state index in [0.29, 0.717) is 6.07 Å². The average Bonchev–Trinajstić information content (AvgIpc) is 2.43. The number of anilines is 1. The molecule has 0 amide bonds. The molecule has 110 valence electrons. The van der Waals surface area contributed by atoms with Crippen molar-refractivity contribution in [3.8, 4) is 0 Å². The number of amidine groups is 1. The van der Waals surface area contributed by atoms with Crippen molar-refractivity contribution in [3.63, 3.8) is 0 Å². The van der Waals surface area contributed by atoms with Crippen molar-refractivity contribution in [2.45, 2.75) is 0 Å². The Morgan fingerprint density at radius 1 is 0.952 bits per heavy atom. The predicted molar refractivity (Wildman–Crippen MR) is 76.9 cm³/mol. The second kappa shape index (κ2) is 6.62. The highest BCUT2D eigenvalue weighted by Gasteiger charge is 2.08. The first-order valence-corrected chi connectivity index (χ1v) is 7.02. The van der Waals surface area contributed by atoms with Gasteiger partial charge >= 0.3 is 0 Å². The number of halogens is 4. The van der Waals surface area contributed by atoms with Crippen LogP contribution in [0.15, 0.2) is 41.4 Å². The van der Waals surface area contributed by atoms with Crippen LogP contribution < -0.4 is 5.32 Å². The zero-order valence-electron chi connectivity index (χ0n) is 10.8. The first-order valence-electron chi connectivity index (χ1n) is 5.79. The van der Waals surface area contributed by atoms with Crippen LogP contribution in [0.25, 0.3) is 0 Å². The third-order valence-electron chi connectivity index (χ3n) is 2.50. The van der Waals surface area contributed by atoms with Gasteiger partial charge in [-0.25, -0.2) is 22.6 Å². The Morgan fingerprint density at radius 2 is 1.57 bits per heavy atom. The molecular formula is C14H10F4N2S. The van der Waals surface area contributed by atoms with Crippen molar-refractivity contribution < 1.29 is 17.6 Å². The minimum Gasteiger partial charge on any atom is -0.332 e. The molecule has 0 bridgehead atoms. The fourth-order valence-electron chi connectivity index (χ4n) is 1.51. The second-order valence-corrected chi connectivity index (χ2v) is 4.76. The lowest BCUT2D eigenvalue weighted by Crippen LogP contribution is -2.08. The Balaban J connectivity index is 2.28. The van der Waals surface area contributed by atoms with Gasteiger partial charge < -0.3 is 5.32 Å². The molecule has 0 aromatic heterocycles. The highest BCUT2D eigenvalue weighted by atomic mass is 32.2. The Kier molecular flexibility index (Phi) is 4.85. The molecule has 0 fully saturated rings. The van der Waals surface area contributed by atoms with Gasteiger partial charge in [0.1, 0.15) is 23.1 Å². The molecular weight excluding hydrogens is 304 g/mol. The molecule has 0 saturated heterocycles. The molecule has 0 aliphatic rings. The summed E-state index contributed by atoms with van der Waals surface area (Å²) in [6.45, 7) is 0. The Morgan fingerprint density at radius 3 is 2.14 bits per heavy atom. The monoisotopic (exact) mass is 314 g/mol. The maximum atomic E-state index is 13.5.